The van der Waals surface area contributed by atoms with Crippen LogP contribution >= 0.6 is 34.8 Å². The summed E-state index contributed by atoms with van der Waals surface area (Å²) in [6.45, 7) is 2.26. The Balaban J connectivity index is 2.24. The molecule has 1 unspecified atom stereocenters. The minimum atomic E-state index is -0.0119. The van der Waals surface area contributed by atoms with E-state index in [1.54, 1.807) is 6.07 Å². The third-order valence-corrected chi connectivity index (χ3v) is 3.82. The first-order valence-electron chi connectivity index (χ1n) is 6.57. The van der Waals surface area contributed by atoms with Gasteiger partial charge in [-0.25, -0.2) is 0 Å². The molecule has 0 saturated carbocycles. The highest BCUT2D eigenvalue weighted by Crippen LogP contribution is 2.34. The Morgan fingerprint density at radius 2 is 1.76 bits per heavy atom. The van der Waals surface area contributed by atoms with Crippen LogP contribution in [0.3, 0.4) is 0 Å². The van der Waals surface area contributed by atoms with Crippen LogP contribution in [0, 0.1) is 0 Å². The fourth-order valence-electron chi connectivity index (χ4n) is 2.04. The molecule has 0 fully saturated rings. The van der Waals surface area contributed by atoms with E-state index in [1.807, 2.05) is 37.3 Å². The zero-order chi connectivity index (χ0) is 15.4. The minimum absolute atomic E-state index is 0.0119. The number of nitrogens with two attached hydrogens (primary N) is 1. The third kappa shape index (κ3) is 4.52. The lowest BCUT2D eigenvalue weighted by Gasteiger charge is -2.16. The van der Waals surface area contributed by atoms with E-state index in [4.69, 9.17) is 45.3 Å². The van der Waals surface area contributed by atoms with Crippen LogP contribution in [-0.4, -0.2) is 6.04 Å². The van der Waals surface area contributed by atoms with Crippen LogP contribution < -0.4 is 10.5 Å². The maximum Gasteiger partial charge on any atom is 0.141 e. The summed E-state index contributed by atoms with van der Waals surface area (Å²) in [5.74, 6) is 0.610. The van der Waals surface area contributed by atoms with Gasteiger partial charge in [0.15, 0.2) is 0 Å². The van der Waals surface area contributed by atoms with E-state index >= 15 is 0 Å². The molecule has 0 aliphatic rings. The Labute approximate surface area is 139 Å². The first-order valence-corrected chi connectivity index (χ1v) is 7.70. The topological polar surface area (TPSA) is 35.2 Å². The van der Waals surface area contributed by atoms with Gasteiger partial charge in [-0.3, -0.25) is 0 Å². The van der Waals surface area contributed by atoms with Crippen LogP contribution in [0.2, 0.25) is 15.1 Å². The van der Waals surface area contributed by atoms with Gasteiger partial charge in [0, 0.05) is 21.7 Å². The van der Waals surface area contributed by atoms with Crippen LogP contribution in [0.5, 0.6) is 5.75 Å². The fraction of sp³-hybridized carbons (Fsp3) is 0.250. The molecule has 0 aromatic heterocycles. The van der Waals surface area contributed by atoms with Crippen molar-refractivity contribution in [2.45, 2.75) is 26.0 Å². The molecule has 0 saturated heterocycles. The van der Waals surface area contributed by atoms with Crippen molar-refractivity contribution in [2.75, 3.05) is 0 Å². The standard InChI is InChI=1S/C16H16Cl3NO/c1-10(20)6-12-7-13(17)8-15(19)16(12)21-9-11-4-2-3-5-14(11)18/h2-5,7-8,10H,6,9,20H2,1H3. The first kappa shape index (κ1) is 16.4. The highest BCUT2D eigenvalue weighted by molar-refractivity contribution is 6.35. The van der Waals surface area contributed by atoms with E-state index in [0.29, 0.717) is 33.8 Å². The highest BCUT2D eigenvalue weighted by atomic mass is 35.5. The van der Waals surface area contributed by atoms with Gasteiger partial charge in [0.2, 0.25) is 0 Å². The second kappa shape index (κ2) is 7.37. The number of hydrogen-bond acceptors (Lipinski definition) is 2. The highest BCUT2D eigenvalue weighted by Gasteiger charge is 2.13. The van der Waals surface area contributed by atoms with Gasteiger partial charge < -0.3 is 10.5 Å². The average Bonchev–Trinajstić information content (AvgIpc) is 2.38. The van der Waals surface area contributed by atoms with E-state index in [1.165, 1.54) is 0 Å². The Kier molecular flexibility index (Phi) is 5.77. The van der Waals surface area contributed by atoms with Gasteiger partial charge in [0.25, 0.3) is 0 Å². The maximum absolute atomic E-state index is 6.24. The molecule has 2 rings (SSSR count). The predicted molar refractivity (Wildman–Crippen MR) is 89.6 cm³/mol. The molecule has 1 atom stereocenters. The molecule has 5 heteroatoms. The molecule has 21 heavy (non-hydrogen) atoms. The van der Waals surface area contributed by atoms with Crippen molar-refractivity contribution in [3.8, 4) is 5.75 Å². The van der Waals surface area contributed by atoms with Crippen molar-refractivity contribution < 1.29 is 4.74 Å². The van der Waals surface area contributed by atoms with Gasteiger partial charge in [-0.15, -0.1) is 0 Å². The van der Waals surface area contributed by atoms with E-state index < -0.39 is 0 Å². The van der Waals surface area contributed by atoms with Gasteiger partial charge in [0.05, 0.1) is 5.02 Å². The van der Waals surface area contributed by atoms with Crippen LogP contribution in [-0.2, 0) is 13.0 Å². The van der Waals surface area contributed by atoms with E-state index in [2.05, 4.69) is 0 Å². The summed E-state index contributed by atoms with van der Waals surface area (Å²) in [4.78, 5) is 0. The minimum Gasteiger partial charge on any atom is -0.487 e. The summed E-state index contributed by atoms with van der Waals surface area (Å²) in [6.07, 6.45) is 0.637. The molecule has 2 N–H and O–H groups in total. The van der Waals surface area contributed by atoms with Gasteiger partial charge in [-0.05, 0) is 37.1 Å². The lowest BCUT2D eigenvalue weighted by molar-refractivity contribution is 0.302. The molecule has 0 radical (unpaired) electrons. The van der Waals surface area contributed by atoms with Crippen molar-refractivity contribution >= 4 is 34.8 Å². The predicted octanol–water partition coefficient (Wildman–Crippen LogP) is 5.12. The Hall–Kier alpha value is -0.930. The van der Waals surface area contributed by atoms with Crippen molar-refractivity contribution in [3.63, 3.8) is 0 Å². The molecule has 112 valence electrons. The van der Waals surface area contributed by atoms with Crippen LogP contribution in [0.25, 0.3) is 0 Å². The lowest BCUT2D eigenvalue weighted by atomic mass is 10.1. The normalized spacial score (nSPS) is 12.2. The number of ether oxygens (including phenoxy) is 1. The van der Waals surface area contributed by atoms with Crippen molar-refractivity contribution in [2.24, 2.45) is 5.73 Å². The van der Waals surface area contributed by atoms with E-state index in [9.17, 15) is 0 Å². The molecule has 2 nitrogen and oxygen atoms in total. The summed E-state index contributed by atoms with van der Waals surface area (Å²) in [5, 5.41) is 1.71. The number of hydrogen-bond donors (Lipinski definition) is 1. The molecule has 0 aliphatic carbocycles. The molecule has 2 aromatic carbocycles. The summed E-state index contributed by atoms with van der Waals surface area (Å²) >= 11 is 18.4. The monoisotopic (exact) mass is 343 g/mol. The van der Waals surface area contributed by atoms with Crippen LogP contribution in [0.15, 0.2) is 36.4 Å². The summed E-state index contributed by atoms with van der Waals surface area (Å²) in [7, 11) is 0. The Morgan fingerprint density at radius 1 is 1.05 bits per heavy atom. The molecule has 0 heterocycles. The molecule has 0 amide bonds. The molecule has 0 aliphatic heterocycles. The van der Waals surface area contributed by atoms with Crippen LogP contribution in [0.1, 0.15) is 18.1 Å². The zero-order valence-corrected chi connectivity index (χ0v) is 13.8. The van der Waals surface area contributed by atoms with E-state index in [-0.39, 0.29) is 6.04 Å². The van der Waals surface area contributed by atoms with Gasteiger partial charge in [-0.1, -0.05) is 53.0 Å². The van der Waals surface area contributed by atoms with Gasteiger partial charge in [0.1, 0.15) is 12.4 Å². The zero-order valence-electron chi connectivity index (χ0n) is 11.6. The SMILES string of the molecule is CC(N)Cc1cc(Cl)cc(Cl)c1OCc1ccccc1Cl. The lowest BCUT2D eigenvalue weighted by Crippen LogP contribution is -2.18. The molecule has 2 aromatic rings. The number of halogens is 3. The number of rotatable bonds is 5. The Morgan fingerprint density at radius 3 is 2.43 bits per heavy atom. The summed E-state index contributed by atoms with van der Waals surface area (Å²) in [5.41, 5.74) is 7.66. The second-order valence-corrected chi connectivity index (χ2v) is 6.19. The van der Waals surface area contributed by atoms with Gasteiger partial charge >= 0.3 is 0 Å². The van der Waals surface area contributed by atoms with E-state index in [0.717, 1.165) is 11.1 Å². The third-order valence-electron chi connectivity index (χ3n) is 2.96. The number of benzene rings is 2. The first-order chi connectivity index (χ1) is 9.97. The average molecular weight is 345 g/mol. The van der Waals surface area contributed by atoms with Gasteiger partial charge in [-0.2, -0.15) is 0 Å². The summed E-state index contributed by atoms with van der Waals surface area (Å²) in [6, 6.07) is 11.0. The van der Waals surface area contributed by atoms with Crippen LogP contribution in [0.4, 0.5) is 0 Å². The quantitative estimate of drug-likeness (QED) is 0.817. The molecular weight excluding hydrogens is 329 g/mol. The second-order valence-electron chi connectivity index (χ2n) is 4.94. The van der Waals surface area contributed by atoms with Crippen molar-refractivity contribution in [1.29, 1.82) is 0 Å². The Bertz CT molecular complexity index is 629. The maximum atomic E-state index is 6.24. The molecule has 0 spiro atoms. The van der Waals surface area contributed by atoms with Crippen molar-refractivity contribution in [3.05, 3.63) is 62.6 Å². The smallest absolute Gasteiger partial charge is 0.141 e. The summed E-state index contributed by atoms with van der Waals surface area (Å²) < 4.78 is 5.86. The molecule has 0 bridgehead atoms. The fourth-order valence-corrected chi connectivity index (χ4v) is 2.82. The molecular formula is C16H16Cl3NO. The largest absolute Gasteiger partial charge is 0.487 e. The van der Waals surface area contributed by atoms with Crippen molar-refractivity contribution in [1.82, 2.24) is 0 Å².